The topological polar surface area (TPSA) is 62.1 Å². The number of hydrogen-bond donors (Lipinski definition) is 1. The molecule has 1 aliphatic rings. The Morgan fingerprint density at radius 3 is 2.92 bits per heavy atom. The van der Waals surface area contributed by atoms with E-state index in [0.717, 1.165) is 5.71 Å². The second-order valence-electron chi connectivity index (χ2n) is 3.16. The number of carbonyl (C=O) groups excluding carboxylic acids is 1. The van der Waals surface area contributed by atoms with Crippen LogP contribution in [0.2, 0.25) is 0 Å². The van der Waals surface area contributed by atoms with E-state index >= 15 is 0 Å². The fourth-order valence-corrected chi connectivity index (χ4v) is 1.47. The molecule has 1 fully saturated rings. The van der Waals surface area contributed by atoms with Gasteiger partial charge in [0.05, 0.1) is 12.8 Å². The summed E-state index contributed by atoms with van der Waals surface area (Å²) in [5.41, 5.74) is 0.750. The van der Waals surface area contributed by atoms with Crippen LogP contribution in [0.5, 0.6) is 0 Å². The van der Waals surface area contributed by atoms with Crippen molar-refractivity contribution in [3.8, 4) is 0 Å². The van der Waals surface area contributed by atoms with Crippen LogP contribution in [0.4, 0.5) is 4.79 Å². The van der Waals surface area contributed by atoms with Gasteiger partial charge in [0.1, 0.15) is 0 Å². The minimum atomic E-state index is -0.316. The summed E-state index contributed by atoms with van der Waals surface area (Å²) in [7, 11) is 1.36. The minimum absolute atomic E-state index is 0.109. The van der Waals surface area contributed by atoms with Crippen molar-refractivity contribution in [2.24, 2.45) is 11.1 Å². The number of ether oxygens (including phenoxy) is 1. The van der Waals surface area contributed by atoms with Gasteiger partial charge < -0.3 is 14.8 Å². The van der Waals surface area contributed by atoms with Crippen molar-refractivity contribution >= 4 is 11.8 Å². The molecule has 0 aliphatic carbocycles. The lowest BCUT2D eigenvalue weighted by Gasteiger charge is -2.30. The zero-order valence-corrected chi connectivity index (χ0v) is 7.86. The van der Waals surface area contributed by atoms with Crippen LogP contribution in [0, 0.1) is 5.92 Å². The maximum atomic E-state index is 11.1. The van der Waals surface area contributed by atoms with E-state index in [1.807, 2.05) is 6.92 Å². The highest BCUT2D eigenvalue weighted by Crippen LogP contribution is 2.14. The van der Waals surface area contributed by atoms with Crippen molar-refractivity contribution in [1.29, 1.82) is 0 Å². The second kappa shape index (κ2) is 4.11. The predicted octanol–water partition coefficient (Wildman–Crippen LogP) is 0.925. The Kier molecular flexibility index (Phi) is 3.11. The van der Waals surface area contributed by atoms with Gasteiger partial charge in [-0.1, -0.05) is 12.1 Å². The molecule has 0 spiro atoms. The first kappa shape index (κ1) is 9.83. The second-order valence-corrected chi connectivity index (χ2v) is 3.16. The molecule has 0 saturated carbocycles. The Balaban J connectivity index is 2.55. The molecular formula is C8H14N2O3. The number of methoxy groups -OCH3 is 1. The molecule has 0 bridgehead atoms. The summed E-state index contributed by atoms with van der Waals surface area (Å²) >= 11 is 0. The summed E-state index contributed by atoms with van der Waals surface area (Å²) in [6.07, 6.45) is 0.302. The van der Waals surface area contributed by atoms with E-state index in [1.54, 1.807) is 4.90 Å². The van der Waals surface area contributed by atoms with Gasteiger partial charge in [0.15, 0.2) is 0 Å². The molecule has 5 nitrogen and oxygen atoms in total. The van der Waals surface area contributed by atoms with Crippen LogP contribution in [0.3, 0.4) is 0 Å². The first-order chi connectivity index (χ1) is 6.19. The molecule has 0 aromatic heterocycles. The third kappa shape index (κ3) is 2.11. The molecule has 13 heavy (non-hydrogen) atoms. The van der Waals surface area contributed by atoms with Crippen LogP contribution < -0.4 is 0 Å². The number of nitrogens with zero attached hydrogens (tertiary/aromatic N) is 2. The minimum Gasteiger partial charge on any atom is -0.453 e. The highest BCUT2D eigenvalue weighted by molar-refractivity contribution is 5.88. The number of hydrogen-bond acceptors (Lipinski definition) is 4. The van der Waals surface area contributed by atoms with Crippen LogP contribution in [0.15, 0.2) is 5.16 Å². The van der Waals surface area contributed by atoms with Crippen molar-refractivity contribution in [1.82, 2.24) is 4.90 Å². The SMILES string of the molecule is COC(=O)N1CCC(=NO)C(C)C1. The number of carbonyl (C=O) groups is 1. The van der Waals surface area contributed by atoms with Gasteiger partial charge in [-0.25, -0.2) is 4.79 Å². The van der Waals surface area contributed by atoms with Crippen molar-refractivity contribution in [3.05, 3.63) is 0 Å². The van der Waals surface area contributed by atoms with E-state index in [2.05, 4.69) is 9.89 Å². The summed E-state index contributed by atoms with van der Waals surface area (Å²) in [6.45, 7) is 3.05. The molecule has 1 unspecified atom stereocenters. The zero-order chi connectivity index (χ0) is 9.84. The van der Waals surface area contributed by atoms with Crippen LogP contribution in [0.1, 0.15) is 13.3 Å². The van der Waals surface area contributed by atoms with Crippen LogP contribution in [-0.4, -0.2) is 42.1 Å². The molecule has 74 valence electrons. The molecule has 5 heteroatoms. The summed E-state index contributed by atoms with van der Waals surface area (Å²) in [4.78, 5) is 12.7. The van der Waals surface area contributed by atoms with Gasteiger partial charge in [0, 0.05) is 25.4 Å². The maximum absolute atomic E-state index is 11.1. The summed E-state index contributed by atoms with van der Waals surface area (Å²) in [6, 6.07) is 0. The number of piperidine rings is 1. The molecule has 0 aromatic carbocycles. The van der Waals surface area contributed by atoms with Gasteiger partial charge in [-0.2, -0.15) is 0 Å². The molecule has 1 heterocycles. The fraction of sp³-hybridized carbons (Fsp3) is 0.750. The average Bonchev–Trinajstić information content (AvgIpc) is 2.16. The highest BCUT2D eigenvalue weighted by Gasteiger charge is 2.25. The Morgan fingerprint density at radius 2 is 2.46 bits per heavy atom. The Labute approximate surface area is 77.0 Å². The lowest BCUT2D eigenvalue weighted by molar-refractivity contribution is 0.118. The van der Waals surface area contributed by atoms with Gasteiger partial charge in [0.25, 0.3) is 0 Å². The van der Waals surface area contributed by atoms with E-state index in [4.69, 9.17) is 5.21 Å². The van der Waals surface area contributed by atoms with Gasteiger partial charge in [-0.3, -0.25) is 0 Å². The largest absolute Gasteiger partial charge is 0.453 e. The Morgan fingerprint density at radius 1 is 1.77 bits per heavy atom. The molecule has 1 rings (SSSR count). The maximum Gasteiger partial charge on any atom is 0.409 e. The molecule has 0 radical (unpaired) electrons. The van der Waals surface area contributed by atoms with Crippen LogP contribution >= 0.6 is 0 Å². The van der Waals surface area contributed by atoms with Crippen LogP contribution in [-0.2, 0) is 4.74 Å². The first-order valence-corrected chi connectivity index (χ1v) is 4.22. The quantitative estimate of drug-likeness (QED) is 0.452. The molecule has 1 aliphatic heterocycles. The fourth-order valence-electron chi connectivity index (χ4n) is 1.47. The summed E-state index contributed by atoms with van der Waals surface area (Å²) < 4.78 is 4.59. The van der Waals surface area contributed by atoms with E-state index in [1.165, 1.54) is 7.11 Å². The highest BCUT2D eigenvalue weighted by atomic mass is 16.5. The smallest absolute Gasteiger partial charge is 0.409 e. The van der Waals surface area contributed by atoms with Gasteiger partial charge in [0.2, 0.25) is 0 Å². The van der Waals surface area contributed by atoms with E-state index < -0.39 is 0 Å². The van der Waals surface area contributed by atoms with E-state index in [-0.39, 0.29) is 12.0 Å². The molecule has 1 N–H and O–H groups in total. The van der Waals surface area contributed by atoms with Crippen molar-refractivity contribution in [3.63, 3.8) is 0 Å². The standard InChI is InChI=1S/C8H14N2O3/c1-6-5-10(8(11)13-2)4-3-7(6)9-12/h6,12H,3-5H2,1-2H3. The molecule has 1 atom stereocenters. The predicted molar refractivity (Wildman–Crippen MR) is 47.0 cm³/mol. The van der Waals surface area contributed by atoms with Gasteiger partial charge in [-0.15, -0.1) is 0 Å². The Bertz CT molecular complexity index is 227. The third-order valence-electron chi connectivity index (χ3n) is 2.26. The number of oxime groups is 1. The number of likely N-dealkylation sites (tertiary alicyclic amines) is 1. The molecule has 1 saturated heterocycles. The normalized spacial score (nSPS) is 26.2. The number of rotatable bonds is 0. The summed E-state index contributed by atoms with van der Waals surface area (Å²) in [5, 5.41) is 11.8. The third-order valence-corrected chi connectivity index (χ3v) is 2.26. The monoisotopic (exact) mass is 186 g/mol. The number of amides is 1. The average molecular weight is 186 g/mol. The van der Waals surface area contributed by atoms with Crippen molar-refractivity contribution in [2.45, 2.75) is 13.3 Å². The van der Waals surface area contributed by atoms with E-state index in [0.29, 0.717) is 19.5 Å². The van der Waals surface area contributed by atoms with Crippen molar-refractivity contribution < 1.29 is 14.7 Å². The van der Waals surface area contributed by atoms with Gasteiger partial charge >= 0.3 is 6.09 Å². The zero-order valence-electron chi connectivity index (χ0n) is 7.86. The first-order valence-electron chi connectivity index (χ1n) is 4.22. The lowest BCUT2D eigenvalue weighted by atomic mass is 9.98. The van der Waals surface area contributed by atoms with E-state index in [9.17, 15) is 4.79 Å². The van der Waals surface area contributed by atoms with Crippen LogP contribution in [0.25, 0.3) is 0 Å². The molecule has 0 aromatic rings. The lowest BCUT2D eigenvalue weighted by Crippen LogP contribution is -2.43. The molecular weight excluding hydrogens is 172 g/mol. The molecule has 1 amide bonds. The van der Waals surface area contributed by atoms with Gasteiger partial charge in [-0.05, 0) is 0 Å². The summed E-state index contributed by atoms with van der Waals surface area (Å²) in [5.74, 6) is 0.109. The Hall–Kier alpha value is -1.26. The van der Waals surface area contributed by atoms with Crippen molar-refractivity contribution in [2.75, 3.05) is 20.2 Å².